The van der Waals surface area contributed by atoms with Gasteiger partial charge in [0.25, 0.3) is 0 Å². The zero-order valence-corrected chi connectivity index (χ0v) is 34.1. The molecule has 9 rings (SSSR count). The van der Waals surface area contributed by atoms with Gasteiger partial charge in [0.05, 0.1) is 11.2 Å². The van der Waals surface area contributed by atoms with Crippen molar-refractivity contribution in [3.05, 3.63) is 242 Å². The summed E-state index contributed by atoms with van der Waals surface area (Å²) in [7, 11) is 0. The van der Waals surface area contributed by atoms with Gasteiger partial charge in [0.2, 0.25) is 0 Å². The van der Waals surface area contributed by atoms with Gasteiger partial charge in [-0.1, -0.05) is 177 Å². The summed E-state index contributed by atoms with van der Waals surface area (Å²) in [6.07, 6.45) is 5.79. The first-order chi connectivity index (χ1) is 29.9. The Hall–Kier alpha value is -8.01. The van der Waals surface area contributed by atoms with Gasteiger partial charge in [0.15, 0.2) is 5.84 Å². The number of fused-ring (bicyclic) bond motifs is 2. The smallest absolute Gasteiger partial charge is 0.160 e. The molecule has 61 heavy (non-hydrogen) atoms. The number of amidine groups is 1. The quantitative estimate of drug-likeness (QED) is 0.101. The van der Waals surface area contributed by atoms with E-state index in [1.165, 1.54) is 5.39 Å². The zero-order valence-electron chi connectivity index (χ0n) is 34.1. The molecular weight excluding hydrogens is 739 g/mol. The van der Waals surface area contributed by atoms with Crippen LogP contribution in [0.2, 0.25) is 0 Å². The molecule has 290 valence electrons. The van der Waals surface area contributed by atoms with Gasteiger partial charge in [-0.25, -0.2) is 9.98 Å². The lowest BCUT2D eigenvalue weighted by Gasteiger charge is -2.15. The van der Waals surface area contributed by atoms with E-state index < -0.39 is 0 Å². The van der Waals surface area contributed by atoms with Crippen LogP contribution in [-0.4, -0.2) is 16.5 Å². The van der Waals surface area contributed by atoms with E-state index in [2.05, 4.69) is 142 Å². The standard InChI is InChI=1S/C58H43N3/c1-5-41-37-56(55-26-15-14-25-54(55)53(41)6-2)47-24-17-23-46(32-47)51-35-49(40(4)61-58(45-20-11-8-12-21-45)60-39(3)42-18-9-7-10-19-42)34-50(36-51)43-28-30-44(31-29-43)52-33-48-22-13-16-27-57(48)59-38-52/h5-38H,1-3H2,4H3. The van der Waals surface area contributed by atoms with E-state index in [9.17, 15) is 0 Å². The molecule has 0 atom stereocenters. The highest BCUT2D eigenvalue weighted by atomic mass is 14.9. The molecule has 0 aliphatic carbocycles. The molecular formula is C58H43N3. The van der Waals surface area contributed by atoms with Crippen molar-refractivity contribution in [2.45, 2.75) is 6.92 Å². The summed E-state index contributed by atoms with van der Waals surface area (Å²) in [4.78, 5) is 15.0. The van der Waals surface area contributed by atoms with Gasteiger partial charge in [-0.3, -0.25) is 4.98 Å². The zero-order chi connectivity index (χ0) is 41.7. The van der Waals surface area contributed by atoms with Crippen molar-refractivity contribution in [2.24, 2.45) is 9.98 Å². The predicted molar refractivity (Wildman–Crippen MR) is 262 cm³/mol. The van der Waals surface area contributed by atoms with Crippen LogP contribution in [0.5, 0.6) is 0 Å². The number of rotatable bonds is 10. The summed E-state index contributed by atoms with van der Waals surface area (Å²) in [6, 6.07) is 65.6. The monoisotopic (exact) mass is 781 g/mol. The van der Waals surface area contributed by atoms with Crippen LogP contribution < -0.4 is 0 Å². The van der Waals surface area contributed by atoms with Crippen LogP contribution in [-0.2, 0) is 0 Å². The van der Waals surface area contributed by atoms with Gasteiger partial charge in [0, 0.05) is 28.4 Å². The van der Waals surface area contributed by atoms with E-state index in [-0.39, 0.29) is 0 Å². The van der Waals surface area contributed by atoms with Crippen LogP contribution in [0.4, 0.5) is 0 Å². The van der Waals surface area contributed by atoms with E-state index in [1.54, 1.807) is 0 Å². The Morgan fingerprint density at radius 2 is 1.08 bits per heavy atom. The molecule has 3 heteroatoms. The number of pyridine rings is 1. The van der Waals surface area contributed by atoms with E-state index in [1.807, 2.05) is 91.1 Å². The Bertz CT molecular complexity index is 3170. The fourth-order valence-corrected chi connectivity index (χ4v) is 7.96. The minimum Gasteiger partial charge on any atom is -0.256 e. The Balaban J connectivity index is 1.18. The maximum atomic E-state index is 5.25. The van der Waals surface area contributed by atoms with Crippen molar-refractivity contribution in [1.29, 1.82) is 0 Å². The summed E-state index contributed by atoms with van der Waals surface area (Å²) in [5.74, 6) is 0.599. The third kappa shape index (κ3) is 8.06. The average Bonchev–Trinajstić information content (AvgIpc) is 3.33. The molecule has 0 unspecified atom stereocenters. The number of nitrogens with zero attached hydrogens (tertiary/aromatic N) is 3. The Morgan fingerprint density at radius 3 is 1.80 bits per heavy atom. The number of para-hydroxylation sites is 1. The summed E-state index contributed by atoms with van der Waals surface area (Å²) >= 11 is 0. The topological polar surface area (TPSA) is 37.6 Å². The highest BCUT2D eigenvalue weighted by Crippen LogP contribution is 2.37. The van der Waals surface area contributed by atoms with Crippen molar-refractivity contribution < 1.29 is 0 Å². The van der Waals surface area contributed by atoms with E-state index >= 15 is 0 Å². The number of hydrogen-bond acceptors (Lipinski definition) is 2. The van der Waals surface area contributed by atoms with Crippen LogP contribution in [0.25, 0.3) is 84.0 Å². The molecule has 0 amide bonds. The first-order valence-electron chi connectivity index (χ1n) is 20.4. The molecule has 8 aromatic carbocycles. The van der Waals surface area contributed by atoms with Crippen LogP contribution in [0.3, 0.4) is 0 Å². The van der Waals surface area contributed by atoms with Crippen molar-refractivity contribution in [1.82, 2.24) is 4.98 Å². The fraction of sp³-hybridized carbons (Fsp3) is 0.0172. The summed E-state index contributed by atoms with van der Waals surface area (Å²) in [5, 5.41) is 3.44. The van der Waals surface area contributed by atoms with Crippen molar-refractivity contribution in [2.75, 3.05) is 0 Å². The maximum absolute atomic E-state index is 5.25. The second-order valence-electron chi connectivity index (χ2n) is 15.1. The van der Waals surface area contributed by atoms with E-state index in [0.29, 0.717) is 11.5 Å². The molecule has 3 nitrogen and oxygen atoms in total. The van der Waals surface area contributed by atoms with Crippen molar-refractivity contribution in [3.63, 3.8) is 0 Å². The molecule has 0 saturated heterocycles. The van der Waals surface area contributed by atoms with Gasteiger partial charge in [0.1, 0.15) is 0 Å². The van der Waals surface area contributed by atoms with Gasteiger partial charge in [-0.05, 0) is 121 Å². The minimum atomic E-state index is 0.599. The van der Waals surface area contributed by atoms with Gasteiger partial charge in [-0.2, -0.15) is 0 Å². The predicted octanol–water partition coefficient (Wildman–Crippen LogP) is 15.3. The molecule has 0 bridgehead atoms. The van der Waals surface area contributed by atoms with Gasteiger partial charge in [-0.15, -0.1) is 0 Å². The molecule has 0 saturated carbocycles. The minimum absolute atomic E-state index is 0.599. The Labute approximate surface area is 357 Å². The molecule has 0 N–H and O–H groups in total. The highest BCUT2D eigenvalue weighted by Gasteiger charge is 2.14. The highest BCUT2D eigenvalue weighted by molar-refractivity contribution is 6.13. The number of hydrogen-bond donors (Lipinski definition) is 0. The summed E-state index contributed by atoms with van der Waals surface area (Å²) in [5.41, 5.74) is 16.3. The van der Waals surface area contributed by atoms with Crippen molar-refractivity contribution >= 4 is 51.1 Å². The molecule has 0 radical (unpaired) electrons. The molecule has 0 fully saturated rings. The second-order valence-corrected chi connectivity index (χ2v) is 15.1. The summed E-state index contributed by atoms with van der Waals surface area (Å²) < 4.78 is 0. The fourth-order valence-electron chi connectivity index (χ4n) is 7.96. The first kappa shape index (κ1) is 38.5. The lowest BCUT2D eigenvalue weighted by atomic mass is 9.89. The van der Waals surface area contributed by atoms with Crippen LogP contribution in [0.1, 0.15) is 34.7 Å². The number of aromatic nitrogens is 1. The van der Waals surface area contributed by atoms with E-state index in [0.717, 1.165) is 94.3 Å². The van der Waals surface area contributed by atoms with Crippen LogP contribution in [0, 0.1) is 0 Å². The molecule has 1 aromatic heterocycles. The Morgan fingerprint density at radius 1 is 0.475 bits per heavy atom. The second kappa shape index (κ2) is 17.1. The third-order valence-electron chi connectivity index (χ3n) is 11.2. The SMILES string of the molecule is C=Cc1cc(-c2cccc(-c3cc(C(C)=NC(=NC(=C)c4ccccc4)c4ccccc4)cc(-c4ccc(-c5cnc6ccccc6c5)cc4)c3)c2)c2ccccc2c1C=C. The first-order valence-corrected chi connectivity index (χ1v) is 20.4. The van der Waals surface area contributed by atoms with Crippen molar-refractivity contribution in [3.8, 4) is 44.5 Å². The van der Waals surface area contributed by atoms with Crippen LogP contribution in [0.15, 0.2) is 224 Å². The molecule has 0 spiro atoms. The molecule has 9 aromatic rings. The van der Waals surface area contributed by atoms with Crippen LogP contribution >= 0.6 is 0 Å². The lowest BCUT2D eigenvalue weighted by Crippen LogP contribution is -2.05. The Kier molecular flexibility index (Phi) is 10.8. The molecule has 0 aliphatic rings. The van der Waals surface area contributed by atoms with Gasteiger partial charge >= 0.3 is 0 Å². The maximum Gasteiger partial charge on any atom is 0.160 e. The largest absolute Gasteiger partial charge is 0.256 e. The number of benzene rings is 8. The van der Waals surface area contributed by atoms with E-state index in [4.69, 9.17) is 15.0 Å². The molecule has 1 heterocycles. The molecule has 0 aliphatic heterocycles. The lowest BCUT2D eigenvalue weighted by molar-refractivity contribution is 1.41. The normalized spacial score (nSPS) is 11.8. The average molecular weight is 782 g/mol. The third-order valence-corrected chi connectivity index (χ3v) is 11.2. The number of aliphatic imine (C=N–C) groups is 2. The van der Waals surface area contributed by atoms with Gasteiger partial charge < -0.3 is 0 Å². The summed E-state index contributed by atoms with van der Waals surface area (Å²) in [6.45, 7) is 14.6.